The number of aromatic nitrogens is 2. The summed E-state index contributed by atoms with van der Waals surface area (Å²) in [5.41, 5.74) is 0.672. The topological polar surface area (TPSA) is 86.9 Å². The number of hydrogen-bond donors (Lipinski definition) is 3. The van der Waals surface area contributed by atoms with Gasteiger partial charge in [-0.3, -0.25) is 5.10 Å². The monoisotopic (exact) mass is 306 g/mol. The Morgan fingerprint density at radius 1 is 1.42 bits per heavy atom. The standard InChI is InChI=1S/C11H22N4O2S2/c1-3-5-12-8-10-9-13-15-11(10)19(16,17)14-6-4-7-18-2/h9,12,14H,3-8H2,1-2H3,(H,13,15). The highest BCUT2D eigenvalue weighted by atomic mass is 32.2. The molecule has 0 amide bonds. The van der Waals surface area contributed by atoms with E-state index in [2.05, 4.69) is 27.2 Å². The van der Waals surface area contributed by atoms with Crippen LogP contribution in [0.25, 0.3) is 0 Å². The second kappa shape index (κ2) is 8.57. The molecule has 0 atom stereocenters. The van der Waals surface area contributed by atoms with Gasteiger partial charge >= 0.3 is 0 Å². The molecule has 0 aliphatic rings. The summed E-state index contributed by atoms with van der Waals surface area (Å²) >= 11 is 1.70. The molecule has 0 bridgehead atoms. The van der Waals surface area contributed by atoms with Gasteiger partial charge < -0.3 is 5.32 Å². The lowest BCUT2D eigenvalue weighted by Gasteiger charge is -2.07. The van der Waals surface area contributed by atoms with Gasteiger partial charge in [0.05, 0.1) is 6.20 Å². The lowest BCUT2D eigenvalue weighted by atomic mass is 10.3. The molecule has 0 fully saturated rings. The summed E-state index contributed by atoms with van der Waals surface area (Å²) in [4.78, 5) is 0. The molecule has 1 aromatic rings. The first-order valence-corrected chi connectivity index (χ1v) is 9.21. The van der Waals surface area contributed by atoms with E-state index < -0.39 is 10.0 Å². The van der Waals surface area contributed by atoms with Crippen molar-refractivity contribution in [2.75, 3.05) is 25.1 Å². The van der Waals surface area contributed by atoms with Crippen molar-refractivity contribution in [1.29, 1.82) is 0 Å². The van der Waals surface area contributed by atoms with Crippen LogP contribution < -0.4 is 10.0 Å². The molecule has 8 heteroatoms. The van der Waals surface area contributed by atoms with Crippen molar-refractivity contribution >= 4 is 21.8 Å². The third-order valence-corrected chi connectivity index (χ3v) is 4.68. The van der Waals surface area contributed by atoms with Crippen LogP contribution in [0.1, 0.15) is 25.3 Å². The van der Waals surface area contributed by atoms with Crippen molar-refractivity contribution in [3.8, 4) is 0 Å². The van der Waals surface area contributed by atoms with E-state index in [1.165, 1.54) is 0 Å². The zero-order valence-corrected chi connectivity index (χ0v) is 13.0. The number of hydrogen-bond acceptors (Lipinski definition) is 5. The number of rotatable bonds is 10. The molecule has 1 heterocycles. The van der Waals surface area contributed by atoms with E-state index >= 15 is 0 Å². The van der Waals surface area contributed by atoms with Gasteiger partial charge in [0.25, 0.3) is 10.0 Å². The Balaban J connectivity index is 2.59. The minimum absolute atomic E-state index is 0.167. The van der Waals surface area contributed by atoms with E-state index in [9.17, 15) is 8.42 Å². The maximum atomic E-state index is 12.1. The highest BCUT2D eigenvalue weighted by Crippen LogP contribution is 2.11. The first-order valence-electron chi connectivity index (χ1n) is 6.33. The van der Waals surface area contributed by atoms with Crippen LogP contribution in [0.15, 0.2) is 11.2 Å². The van der Waals surface area contributed by atoms with Gasteiger partial charge in [0.15, 0.2) is 5.03 Å². The quantitative estimate of drug-likeness (QED) is 0.560. The second-order valence-corrected chi connectivity index (χ2v) is 6.83. The van der Waals surface area contributed by atoms with Gasteiger partial charge in [0, 0.05) is 18.7 Å². The van der Waals surface area contributed by atoms with Crippen molar-refractivity contribution in [2.24, 2.45) is 0 Å². The molecule has 0 saturated carbocycles. The second-order valence-electron chi connectivity index (χ2n) is 4.15. The number of sulfonamides is 1. The van der Waals surface area contributed by atoms with Crippen molar-refractivity contribution in [3.05, 3.63) is 11.8 Å². The minimum atomic E-state index is -3.48. The van der Waals surface area contributed by atoms with Crippen LogP contribution in [-0.2, 0) is 16.6 Å². The summed E-state index contributed by atoms with van der Waals surface area (Å²) in [7, 11) is -3.48. The zero-order valence-electron chi connectivity index (χ0n) is 11.4. The van der Waals surface area contributed by atoms with E-state index in [1.54, 1.807) is 18.0 Å². The Labute approximate surface area is 119 Å². The highest BCUT2D eigenvalue weighted by molar-refractivity contribution is 7.98. The first kappa shape index (κ1) is 16.5. The van der Waals surface area contributed by atoms with Crippen molar-refractivity contribution < 1.29 is 8.42 Å². The summed E-state index contributed by atoms with van der Waals surface area (Å²) in [5.74, 6) is 0.941. The number of nitrogens with zero attached hydrogens (tertiary/aromatic N) is 1. The molecule has 0 aliphatic carbocycles. The first-order chi connectivity index (χ1) is 9.11. The Hall–Kier alpha value is -0.570. The zero-order chi connectivity index (χ0) is 14.1. The molecule has 0 aliphatic heterocycles. The molecular formula is C11H22N4O2S2. The maximum absolute atomic E-state index is 12.1. The van der Waals surface area contributed by atoms with Crippen LogP contribution in [-0.4, -0.2) is 43.7 Å². The SMILES string of the molecule is CCCNCc1cn[nH]c1S(=O)(=O)NCCCSC. The minimum Gasteiger partial charge on any atom is -0.313 e. The fourth-order valence-corrected chi connectivity index (χ4v) is 3.19. The Bertz CT molecular complexity index is 459. The van der Waals surface area contributed by atoms with E-state index in [0.29, 0.717) is 18.7 Å². The summed E-state index contributed by atoms with van der Waals surface area (Å²) in [6, 6.07) is 0. The molecular weight excluding hydrogens is 284 g/mol. The molecule has 0 unspecified atom stereocenters. The summed E-state index contributed by atoms with van der Waals surface area (Å²) in [6.45, 7) is 3.87. The molecule has 0 saturated heterocycles. The predicted octanol–water partition coefficient (Wildman–Crippen LogP) is 0.941. The van der Waals surface area contributed by atoms with E-state index in [0.717, 1.165) is 25.1 Å². The summed E-state index contributed by atoms with van der Waals surface area (Å²) in [5, 5.41) is 9.73. The van der Waals surface area contributed by atoms with E-state index in [-0.39, 0.29) is 5.03 Å². The molecule has 0 radical (unpaired) electrons. The molecule has 19 heavy (non-hydrogen) atoms. The number of aromatic amines is 1. The Kier molecular flexibility index (Phi) is 7.44. The third-order valence-electron chi connectivity index (χ3n) is 2.51. The van der Waals surface area contributed by atoms with Gasteiger partial charge in [-0.1, -0.05) is 6.92 Å². The van der Waals surface area contributed by atoms with Gasteiger partial charge in [-0.2, -0.15) is 16.9 Å². The molecule has 3 N–H and O–H groups in total. The normalized spacial score (nSPS) is 11.9. The largest absolute Gasteiger partial charge is 0.313 e. The maximum Gasteiger partial charge on any atom is 0.257 e. The van der Waals surface area contributed by atoms with Crippen molar-refractivity contribution in [3.63, 3.8) is 0 Å². The lowest BCUT2D eigenvalue weighted by Crippen LogP contribution is -2.27. The van der Waals surface area contributed by atoms with Gasteiger partial charge in [-0.05, 0) is 31.4 Å². The van der Waals surface area contributed by atoms with Crippen LogP contribution in [0.3, 0.4) is 0 Å². The number of H-pyrrole nitrogens is 1. The van der Waals surface area contributed by atoms with E-state index in [4.69, 9.17) is 0 Å². The van der Waals surface area contributed by atoms with Crippen LogP contribution in [0.5, 0.6) is 0 Å². The summed E-state index contributed by atoms with van der Waals surface area (Å²) < 4.78 is 26.8. The van der Waals surface area contributed by atoms with Gasteiger partial charge in [0.1, 0.15) is 0 Å². The fraction of sp³-hybridized carbons (Fsp3) is 0.727. The number of nitrogens with one attached hydrogen (secondary N) is 3. The predicted molar refractivity (Wildman–Crippen MR) is 78.8 cm³/mol. The van der Waals surface area contributed by atoms with Crippen LogP contribution in [0, 0.1) is 0 Å². The fourth-order valence-electron chi connectivity index (χ4n) is 1.55. The van der Waals surface area contributed by atoms with Gasteiger partial charge in [-0.15, -0.1) is 0 Å². The molecule has 1 aromatic heterocycles. The van der Waals surface area contributed by atoms with Crippen molar-refractivity contribution in [2.45, 2.75) is 31.3 Å². The number of thioether (sulfide) groups is 1. The molecule has 6 nitrogen and oxygen atoms in total. The summed E-state index contributed by atoms with van der Waals surface area (Å²) in [6.07, 6.45) is 5.38. The van der Waals surface area contributed by atoms with Crippen LogP contribution in [0.2, 0.25) is 0 Å². The molecule has 1 rings (SSSR count). The third kappa shape index (κ3) is 5.52. The van der Waals surface area contributed by atoms with Gasteiger partial charge in [0.2, 0.25) is 0 Å². The Morgan fingerprint density at radius 3 is 2.89 bits per heavy atom. The smallest absolute Gasteiger partial charge is 0.257 e. The van der Waals surface area contributed by atoms with Crippen LogP contribution in [0.4, 0.5) is 0 Å². The van der Waals surface area contributed by atoms with Gasteiger partial charge in [-0.25, -0.2) is 13.1 Å². The van der Waals surface area contributed by atoms with E-state index in [1.807, 2.05) is 6.26 Å². The Morgan fingerprint density at radius 2 is 2.21 bits per heavy atom. The van der Waals surface area contributed by atoms with Crippen molar-refractivity contribution in [1.82, 2.24) is 20.2 Å². The lowest BCUT2D eigenvalue weighted by molar-refractivity contribution is 0.573. The van der Waals surface area contributed by atoms with Crippen LogP contribution >= 0.6 is 11.8 Å². The highest BCUT2D eigenvalue weighted by Gasteiger charge is 2.19. The molecule has 0 spiro atoms. The molecule has 0 aromatic carbocycles. The molecule has 110 valence electrons. The average Bonchev–Trinajstić information content (AvgIpc) is 2.84. The average molecular weight is 306 g/mol.